The number of nitro groups is 1. The summed E-state index contributed by atoms with van der Waals surface area (Å²) >= 11 is 2.03. The van der Waals surface area contributed by atoms with E-state index in [9.17, 15) is 10.1 Å². The first-order valence-electron chi connectivity index (χ1n) is 6.82. The minimum Gasteiger partial charge on any atom is -0.382 e. The summed E-state index contributed by atoms with van der Waals surface area (Å²) in [5.74, 6) is 0.724. The molecule has 0 bridgehead atoms. The first-order valence-corrected chi connectivity index (χ1v) is 7.90. The van der Waals surface area contributed by atoms with Gasteiger partial charge in [-0.3, -0.25) is 10.1 Å². The molecule has 0 amide bonds. The number of anilines is 1. The number of halogens is 1. The van der Waals surface area contributed by atoms with Crippen LogP contribution in [0.25, 0.3) is 0 Å². The predicted octanol–water partition coefficient (Wildman–Crippen LogP) is 4.58. The molecule has 19 heavy (non-hydrogen) atoms. The summed E-state index contributed by atoms with van der Waals surface area (Å²) in [7, 11) is 0. The molecule has 0 aliphatic heterocycles. The normalized spacial score (nSPS) is 23.1. The lowest BCUT2D eigenvalue weighted by atomic mass is 9.83. The van der Waals surface area contributed by atoms with E-state index in [0.29, 0.717) is 9.61 Å². The van der Waals surface area contributed by atoms with Crippen molar-refractivity contribution in [2.45, 2.75) is 45.1 Å². The summed E-state index contributed by atoms with van der Waals surface area (Å²) < 4.78 is 0.691. The van der Waals surface area contributed by atoms with Crippen molar-refractivity contribution in [1.82, 2.24) is 0 Å². The average Bonchev–Trinajstić information content (AvgIpc) is 2.39. The molecule has 0 saturated heterocycles. The molecule has 2 rings (SSSR count). The number of benzene rings is 1. The van der Waals surface area contributed by atoms with Gasteiger partial charge in [0.25, 0.3) is 5.69 Å². The van der Waals surface area contributed by atoms with Crippen LogP contribution in [0.1, 0.15) is 39.0 Å². The van der Waals surface area contributed by atoms with E-state index in [4.69, 9.17) is 0 Å². The molecule has 1 aliphatic rings. The van der Waals surface area contributed by atoms with Crippen LogP contribution in [-0.4, -0.2) is 11.0 Å². The summed E-state index contributed by atoms with van der Waals surface area (Å²) in [5.41, 5.74) is 1.18. The zero-order valence-corrected chi connectivity index (χ0v) is 13.2. The number of nitrogens with zero attached hydrogens (tertiary/aromatic N) is 1. The highest BCUT2D eigenvalue weighted by molar-refractivity contribution is 14.1. The average molecular weight is 374 g/mol. The molecule has 0 spiro atoms. The second kappa shape index (κ2) is 6.54. The van der Waals surface area contributed by atoms with E-state index in [1.165, 1.54) is 32.1 Å². The molecule has 1 aromatic rings. The number of nitro benzene ring substituents is 1. The molecule has 104 valence electrons. The van der Waals surface area contributed by atoms with E-state index < -0.39 is 0 Å². The lowest BCUT2D eigenvalue weighted by Gasteiger charge is -2.32. The van der Waals surface area contributed by atoms with Gasteiger partial charge < -0.3 is 5.32 Å². The summed E-state index contributed by atoms with van der Waals surface area (Å²) in [5, 5.41) is 14.4. The summed E-state index contributed by atoms with van der Waals surface area (Å²) in [6.07, 6.45) is 6.29. The van der Waals surface area contributed by atoms with Gasteiger partial charge in [-0.15, -0.1) is 0 Å². The van der Waals surface area contributed by atoms with Gasteiger partial charge in [-0.05, 0) is 53.5 Å². The van der Waals surface area contributed by atoms with Crippen LogP contribution in [0.15, 0.2) is 18.2 Å². The summed E-state index contributed by atoms with van der Waals surface area (Å²) in [6, 6.07) is 5.80. The molecule has 1 fully saturated rings. The van der Waals surface area contributed by atoms with Gasteiger partial charge in [-0.2, -0.15) is 0 Å². The highest BCUT2D eigenvalue weighted by Gasteiger charge is 2.23. The van der Waals surface area contributed by atoms with E-state index in [2.05, 4.69) is 12.2 Å². The lowest BCUT2D eigenvalue weighted by Crippen LogP contribution is -2.31. The third-order valence-corrected chi connectivity index (χ3v) is 4.79. The zero-order valence-electron chi connectivity index (χ0n) is 11.1. The number of rotatable bonds is 4. The molecule has 2 atom stereocenters. The second-order valence-corrected chi connectivity index (χ2v) is 6.29. The maximum Gasteiger partial charge on any atom is 0.282 e. The minimum absolute atomic E-state index is 0.182. The van der Waals surface area contributed by atoms with Crippen LogP contribution in [0.5, 0.6) is 0 Å². The Balaban J connectivity index is 2.10. The summed E-state index contributed by atoms with van der Waals surface area (Å²) in [4.78, 5) is 10.5. The van der Waals surface area contributed by atoms with Gasteiger partial charge in [-0.25, -0.2) is 0 Å². The molecule has 5 heteroatoms. The summed E-state index contributed by atoms with van der Waals surface area (Å²) in [6.45, 7) is 2.24. The smallest absolute Gasteiger partial charge is 0.282 e. The molecule has 0 heterocycles. The quantitative estimate of drug-likeness (QED) is 0.477. The Morgan fingerprint density at radius 1 is 1.42 bits per heavy atom. The fourth-order valence-corrected chi connectivity index (χ4v) is 3.56. The van der Waals surface area contributed by atoms with Crippen molar-refractivity contribution in [3.8, 4) is 0 Å². The van der Waals surface area contributed by atoms with Gasteiger partial charge in [0.2, 0.25) is 0 Å². The predicted molar refractivity (Wildman–Crippen MR) is 85.5 cm³/mol. The largest absolute Gasteiger partial charge is 0.382 e. The second-order valence-electron chi connectivity index (χ2n) is 5.13. The Morgan fingerprint density at radius 3 is 2.79 bits per heavy atom. The molecule has 2 unspecified atom stereocenters. The van der Waals surface area contributed by atoms with E-state index in [0.717, 1.165) is 11.6 Å². The first kappa shape index (κ1) is 14.6. The Morgan fingerprint density at radius 2 is 2.16 bits per heavy atom. The van der Waals surface area contributed by atoms with Gasteiger partial charge in [-0.1, -0.05) is 26.2 Å². The Labute approximate surface area is 127 Å². The van der Waals surface area contributed by atoms with Crippen molar-refractivity contribution in [1.29, 1.82) is 0 Å². The molecule has 4 nitrogen and oxygen atoms in total. The van der Waals surface area contributed by atoms with Gasteiger partial charge in [0.1, 0.15) is 0 Å². The molecule has 0 radical (unpaired) electrons. The van der Waals surface area contributed by atoms with Crippen molar-refractivity contribution in [2.75, 3.05) is 5.32 Å². The Kier molecular flexibility index (Phi) is 5.01. The van der Waals surface area contributed by atoms with Gasteiger partial charge >= 0.3 is 0 Å². The van der Waals surface area contributed by atoms with Crippen LogP contribution >= 0.6 is 22.6 Å². The fourth-order valence-electron chi connectivity index (χ4n) is 2.85. The van der Waals surface area contributed by atoms with Gasteiger partial charge in [0.05, 0.1) is 8.49 Å². The van der Waals surface area contributed by atoms with Crippen molar-refractivity contribution in [3.63, 3.8) is 0 Å². The van der Waals surface area contributed by atoms with Crippen molar-refractivity contribution >= 4 is 34.0 Å². The number of hydrogen-bond donors (Lipinski definition) is 1. The van der Waals surface area contributed by atoms with Crippen LogP contribution in [0.3, 0.4) is 0 Å². The number of nitrogens with one attached hydrogen (secondary N) is 1. The SMILES string of the molecule is CCC1CCCCC1Nc1ccc([N+](=O)[O-])c(I)c1. The topological polar surface area (TPSA) is 55.2 Å². The monoisotopic (exact) mass is 374 g/mol. The van der Waals surface area contributed by atoms with E-state index >= 15 is 0 Å². The van der Waals surface area contributed by atoms with Crippen LogP contribution < -0.4 is 5.32 Å². The maximum atomic E-state index is 10.8. The first-order chi connectivity index (χ1) is 9.11. The molecule has 1 saturated carbocycles. The van der Waals surface area contributed by atoms with Crippen LogP contribution in [0.4, 0.5) is 11.4 Å². The number of hydrogen-bond acceptors (Lipinski definition) is 3. The van der Waals surface area contributed by atoms with Crippen molar-refractivity contribution in [2.24, 2.45) is 5.92 Å². The fraction of sp³-hybridized carbons (Fsp3) is 0.571. The standard InChI is InChI=1S/C14H19IN2O2/c1-2-10-5-3-4-6-13(10)16-11-7-8-14(17(18)19)12(15)9-11/h7-10,13,16H,2-6H2,1H3. The van der Waals surface area contributed by atoms with E-state index in [1.807, 2.05) is 34.7 Å². The third-order valence-electron chi connectivity index (χ3n) is 3.93. The van der Waals surface area contributed by atoms with Crippen LogP contribution in [0.2, 0.25) is 0 Å². The zero-order chi connectivity index (χ0) is 13.8. The molecular weight excluding hydrogens is 355 g/mol. The Bertz CT molecular complexity index is 465. The van der Waals surface area contributed by atoms with E-state index in [1.54, 1.807) is 6.07 Å². The third kappa shape index (κ3) is 3.58. The highest BCUT2D eigenvalue weighted by atomic mass is 127. The van der Waals surface area contributed by atoms with Gasteiger partial charge in [0.15, 0.2) is 0 Å². The Hall–Kier alpha value is -0.850. The molecule has 0 aromatic heterocycles. The van der Waals surface area contributed by atoms with Gasteiger partial charge in [0, 0.05) is 17.8 Å². The minimum atomic E-state index is -0.332. The van der Waals surface area contributed by atoms with Crippen LogP contribution in [-0.2, 0) is 0 Å². The van der Waals surface area contributed by atoms with E-state index in [-0.39, 0.29) is 10.6 Å². The van der Waals surface area contributed by atoms with Crippen molar-refractivity contribution < 1.29 is 4.92 Å². The molecule has 1 aliphatic carbocycles. The van der Waals surface area contributed by atoms with Crippen LogP contribution in [0, 0.1) is 19.6 Å². The molecular formula is C14H19IN2O2. The lowest BCUT2D eigenvalue weighted by molar-refractivity contribution is -0.385. The molecule has 1 N–H and O–H groups in total. The maximum absolute atomic E-state index is 10.8. The molecule has 1 aromatic carbocycles. The van der Waals surface area contributed by atoms with Crippen molar-refractivity contribution in [3.05, 3.63) is 31.9 Å². The highest BCUT2D eigenvalue weighted by Crippen LogP contribution is 2.31.